The van der Waals surface area contributed by atoms with Gasteiger partial charge in [-0.2, -0.15) is 0 Å². The predicted octanol–water partition coefficient (Wildman–Crippen LogP) is 2.22. The molecule has 0 unspecified atom stereocenters. The number of rotatable bonds is 6. The molecule has 0 radical (unpaired) electrons. The maximum atomic E-state index is 13.6. The average Bonchev–Trinajstić information content (AvgIpc) is 2.62. The third-order valence-electron chi connectivity index (χ3n) is 4.15. The topological polar surface area (TPSA) is 73.5 Å². The van der Waals surface area contributed by atoms with Gasteiger partial charge in [0, 0.05) is 25.7 Å². The number of hydrogen-bond donors (Lipinski definition) is 3. The number of nitrogens with one attached hydrogen (secondary N) is 3. The van der Waals surface area contributed by atoms with Crippen LogP contribution in [-0.4, -0.2) is 49.1 Å². The second-order valence-corrected chi connectivity index (χ2v) is 6.22. The summed E-state index contributed by atoms with van der Waals surface area (Å²) in [6, 6.07) is 0.883. The van der Waals surface area contributed by atoms with Crippen LogP contribution in [0, 0.1) is 17.5 Å². The number of carbonyl (C=O) groups excluding carboxylic acids is 2. The Morgan fingerprint density at radius 2 is 1.85 bits per heavy atom. The van der Waals surface area contributed by atoms with E-state index in [1.165, 1.54) is 0 Å². The number of piperidine rings is 1. The van der Waals surface area contributed by atoms with Crippen molar-refractivity contribution in [3.63, 3.8) is 0 Å². The third kappa shape index (κ3) is 5.62. The molecule has 1 aromatic carbocycles. The number of likely N-dealkylation sites (tertiary alicyclic amines) is 1. The molecule has 1 fully saturated rings. The normalized spacial score (nSPS) is 15.5. The van der Waals surface area contributed by atoms with Crippen LogP contribution in [0.4, 0.5) is 23.7 Å². The Morgan fingerprint density at radius 1 is 1.15 bits per heavy atom. The highest BCUT2D eigenvalue weighted by molar-refractivity contribution is 5.89. The van der Waals surface area contributed by atoms with Crippen molar-refractivity contribution in [2.24, 2.45) is 0 Å². The van der Waals surface area contributed by atoms with Gasteiger partial charge in [-0.15, -0.1) is 0 Å². The van der Waals surface area contributed by atoms with Gasteiger partial charge in [-0.05, 0) is 31.4 Å². The van der Waals surface area contributed by atoms with E-state index in [0.717, 1.165) is 18.6 Å². The van der Waals surface area contributed by atoms with Gasteiger partial charge in [0.25, 0.3) is 0 Å². The molecular weight excluding hydrogens is 349 g/mol. The van der Waals surface area contributed by atoms with Crippen LogP contribution in [0.2, 0.25) is 0 Å². The first-order valence-electron chi connectivity index (χ1n) is 8.60. The molecular formula is C17H23F3N4O2. The average molecular weight is 372 g/mol. The van der Waals surface area contributed by atoms with Gasteiger partial charge in [-0.25, -0.2) is 18.0 Å². The maximum absolute atomic E-state index is 13.6. The monoisotopic (exact) mass is 372 g/mol. The quantitative estimate of drug-likeness (QED) is 0.671. The minimum absolute atomic E-state index is 0.0233. The number of anilines is 1. The van der Waals surface area contributed by atoms with Crippen LogP contribution >= 0.6 is 0 Å². The minimum Gasteiger partial charge on any atom is -0.355 e. The lowest BCUT2D eigenvalue weighted by Crippen LogP contribution is -2.48. The van der Waals surface area contributed by atoms with E-state index in [2.05, 4.69) is 16.0 Å². The van der Waals surface area contributed by atoms with E-state index in [4.69, 9.17) is 0 Å². The van der Waals surface area contributed by atoms with Crippen molar-refractivity contribution >= 4 is 17.6 Å². The summed E-state index contributed by atoms with van der Waals surface area (Å²) in [5.41, 5.74) is -0.425. The lowest BCUT2D eigenvalue weighted by molar-refractivity contribution is -0.122. The number of nitrogens with zero attached hydrogens (tertiary/aromatic N) is 1. The van der Waals surface area contributed by atoms with Crippen LogP contribution in [0.15, 0.2) is 12.1 Å². The summed E-state index contributed by atoms with van der Waals surface area (Å²) in [6.45, 7) is 4.24. The molecule has 9 heteroatoms. The number of carbonyl (C=O) groups is 2. The van der Waals surface area contributed by atoms with Crippen molar-refractivity contribution in [2.45, 2.75) is 32.2 Å². The van der Waals surface area contributed by atoms with Crippen LogP contribution in [0.3, 0.4) is 0 Å². The number of benzene rings is 1. The number of halogens is 3. The summed E-state index contributed by atoms with van der Waals surface area (Å²) in [5.74, 6) is -4.40. The second kappa shape index (κ2) is 9.42. The molecule has 1 saturated heterocycles. The molecule has 0 saturated carbocycles. The molecule has 0 aromatic heterocycles. The molecule has 0 atom stereocenters. The lowest BCUT2D eigenvalue weighted by Gasteiger charge is -2.31. The summed E-state index contributed by atoms with van der Waals surface area (Å²) < 4.78 is 39.6. The van der Waals surface area contributed by atoms with Crippen molar-refractivity contribution in [3.8, 4) is 0 Å². The summed E-state index contributed by atoms with van der Waals surface area (Å²) in [4.78, 5) is 25.6. The van der Waals surface area contributed by atoms with Crippen molar-refractivity contribution in [3.05, 3.63) is 29.6 Å². The summed E-state index contributed by atoms with van der Waals surface area (Å²) in [5, 5.41) is 7.67. The fourth-order valence-electron chi connectivity index (χ4n) is 2.73. The highest BCUT2D eigenvalue weighted by Gasteiger charge is 2.23. The molecule has 0 aliphatic carbocycles. The van der Waals surface area contributed by atoms with Crippen LogP contribution in [0.25, 0.3) is 0 Å². The SMILES string of the molecule is CCCNC(=O)CN1CCC(NC(=O)Nc2ccc(F)c(F)c2F)CC1. The Labute approximate surface area is 150 Å². The number of amides is 3. The molecule has 26 heavy (non-hydrogen) atoms. The number of urea groups is 1. The first kappa shape index (κ1) is 20.0. The molecule has 1 aliphatic heterocycles. The summed E-state index contributed by atoms with van der Waals surface area (Å²) in [7, 11) is 0. The van der Waals surface area contributed by atoms with Crippen LogP contribution in [-0.2, 0) is 4.79 Å². The molecule has 0 spiro atoms. The van der Waals surface area contributed by atoms with Crippen molar-refractivity contribution < 1.29 is 22.8 Å². The Kier molecular flexibility index (Phi) is 7.26. The summed E-state index contributed by atoms with van der Waals surface area (Å²) >= 11 is 0. The zero-order valence-electron chi connectivity index (χ0n) is 14.6. The van der Waals surface area contributed by atoms with E-state index in [1.807, 2.05) is 11.8 Å². The first-order chi connectivity index (χ1) is 12.4. The molecule has 6 nitrogen and oxygen atoms in total. The van der Waals surface area contributed by atoms with Gasteiger partial charge in [-0.3, -0.25) is 9.69 Å². The molecule has 0 bridgehead atoms. The Hall–Kier alpha value is -2.29. The second-order valence-electron chi connectivity index (χ2n) is 6.22. The molecule has 1 aliphatic rings. The molecule has 3 amide bonds. The molecule has 1 aromatic rings. The minimum atomic E-state index is -1.63. The third-order valence-corrected chi connectivity index (χ3v) is 4.15. The van der Waals surface area contributed by atoms with Crippen molar-refractivity contribution in [1.82, 2.24) is 15.5 Å². The highest BCUT2D eigenvalue weighted by atomic mass is 19.2. The van der Waals surface area contributed by atoms with Crippen LogP contribution in [0.5, 0.6) is 0 Å². The standard InChI is InChI=1S/C17H23F3N4O2/c1-2-7-21-14(25)10-24-8-5-11(6-9-24)22-17(26)23-13-4-3-12(18)15(19)16(13)20/h3-4,11H,2,5-10H2,1H3,(H,21,25)(H2,22,23,26). The zero-order chi connectivity index (χ0) is 19.1. The van der Waals surface area contributed by atoms with Gasteiger partial charge in [-0.1, -0.05) is 6.92 Å². The van der Waals surface area contributed by atoms with Gasteiger partial charge in [0.15, 0.2) is 17.5 Å². The van der Waals surface area contributed by atoms with E-state index in [0.29, 0.717) is 39.0 Å². The van der Waals surface area contributed by atoms with Gasteiger partial charge in [0.1, 0.15) is 0 Å². The molecule has 2 rings (SSSR count). The lowest BCUT2D eigenvalue weighted by atomic mass is 10.1. The fraction of sp³-hybridized carbons (Fsp3) is 0.529. The number of hydrogen-bond acceptors (Lipinski definition) is 3. The predicted molar refractivity (Wildman–Crippen MR) is 91.2 cm³/mol. The van der Waals surface area contributed by atoms with Gasteiger partial charge in [0.05, 0.1) is 12.2 Å². The largest absolute Gasteiger partial charge is 0.355 e. The smallest absolute Gasteiger partial charge is 0.319 e. The van der Waals surface area contributed by atoms with Gasteiger partial charge < -0.3 is 16.0 Å². The van der Waals surface area contributed by atoms with Crippen molar-refractivity contribution in [2.75, 3.05) is 31.5 Å². The van der Waals surface area contributed by atoms with E-state index >= 15 is 0 Å². The van der Waals surface area contributed by atoms with E-state index in [-0.39, 0.29) is 11.9 Å². The molecule has 1 heterocycles. The van der Waals surface area contributed by atoms with E-state index in [1.54, 1.807) is 0 Å². The van der Waals surface area contributed by atoms with Crippen LogP contribution in [0.1, 0.15) is 26.2 Å². The van der Waals surface area contributed by atoms with E-state index in [9.17, 15) is 22.8 Å². The fourth-order valence-corrected chi connectivity index (χ4v) is 2.73. The Bertz CT molecular complexity index is 649. The van der Waals surface area contributed by atoms with Gasteiger partial charge >= 0.3 is 6.03 Å². The highest BCUT2D eigenvalue weighted by Crippen LogP contribution is 2.19. The maximum Gasteiger partial charge on any atom is 0.319 e. The molecule has 3 N–H and O–H groups in total. The van der Waals surface area contributed by atoms with Crippen molar-refractivity contribution in [1.29, 1.82) is 0 Å². The van der Waals surface area contributed by atoms with Gasteiger partial charge in [0.2, 0.25) is 5.91 Å². The van der Waals surface area contributed by atoms with E-state index < -0.39 is 29.2 Å². The zero-order valence-corrected chi connectivity index (χ0v) is 14.6. The first-order valence-corrected chi connectivity index (χ1v) is 8.60. The Morgan fingerprint density at radius 3 is 2.50 bits per heavy atom. The Balaban J connectivity index is 1.76. The summed E-state index contributed by atoms with van der Waals surface area (Å²) in [6.07, 6.45) is 2.15. The molecule has 144 valence electrons. The van der Waals surface area contributed by atoms with Crippen LogP contribution < -0.4 is 16.0 Å².